The molecule has 0 aliphatic rings. The standard InChI is InChI=1S/C7H6BrIN2O2/c1-2-4(8)3(7(12)13)5(9)6(10)11-2/h1H3,(H2,10,11)(H,12,13). The van der Waals surface area contributed by atoms with Crippen molar-refractivity contribution in [2.75, 3.05) is 5.73 Å². The molecule has 0 aliphatic heterocycles. The van der Waals surface area contributed by atoms with E-state index in [0.717, 1.165) is 0 Å². The van der Waals surface area contributed by atoms with Crippen molar-refractivity contribution in [3.8, 4) is 0 Å². The predicted octanol–water partition coefficient (Wildman–Crippen LogP) is 2.04. The highest BCUT2D eigenvalue weighted by Crippen LogP contribution is 2.27. The molecule has 0 amide bonds. The average molecular weight is 357 g/mol. The number of carboxylic acids is 1. The molecule has 70 valence electrons. The molecule has 0 aromatic carbocycles. The smallest absolute Gasteiger partial charge is 0.338 e. The number of anilines is 1. The lowest BCUT2D eigenvalue weighted by Gasteiger charge is -2.07. The summed E-state index contributed by atoms with van der Waals surface area (Å²) in [5, 5.41) is 8.88. The molecule has 0 unspecified atom stereocenters. The van der Waals surface area contributed by atoms with Crippen molar-refractivity contribution in [2.24, 2.45) is 0 Å². The van der Waals surface area contributed by atoms with Crippen molar-refractivity contribution >= 4 is 50.3 Å². The molecule has 0 fully saturated rings. The van der Waals surface area contributed by atoms with Crippen LogP contribution in [0.4, 0.5) is 5.82 Å². The number of halogens is 2. The largest absolute Gasteiger partial charge is 0.478 e. The molecule has 3 N–H and O–H groups in total. The summed E-state index contributed by atoms with van der Waals surface area (Å²) in [6.07, 6.45) is 0. The van der Waals surface area contributed by atoms with Crippen molar-refractivity contribution in [3.05, 3.63) is 19.3 Å². The summed E-state index contributed by atoms with van der Waals surface area (Å²) in [6, 6.07) is 0. The molecule has 4 nitrogen and oxygen atoms in total. The number of rotatable bonds is 1. The summed E-state index contributed by atoms with van der Waals surface area (Å²) in [6.45, 7) is 1.70. The average Bonchev–Trinajstić information content (AvgIpc) is 2.01. The normalized spacial score (nSPS) is 10.1. The first-order valence-electron chi connectivity index (χ1n) is 3.29. The van der Waals surface area contributed by atoms with E-state index in [1.807, 2.05) is 22.6 Å². The Morgan fingerprint density at radius 1 is 1.69 bits per heavy atom. The van der Waals surface area contributed by atoms with Crippen molar-refractivity contribution in [1.29, 1.82) is 0 Å². The summed E-state index contributed by atoms with van der Waals surface area (Å²) < 4.78 is 0.946. The Labute approximate surface area is 96.8 Å². The molecular weight excluding hydrogens is 351 g/mol. The highest BCUT2D eigenvalue weighted by molar-refractivity contribution is 14.1. The molecule has 0 radical (unpaired) electrons. The second kappa shape index (κ2) is 3.79. The third-order valence-corrected chi connectivity index (χ3v) is 3.55. The van der Waals surface area contributed by atoms with Crippen LogP contribution in [0.15, 0.2) is 4.47 Å². The first-order valence-corrected chi connectivity index (χ1v) is 5.16. The van der Waals surface area contributed by atoms with Crippen molar-refractivity contribution in [3.63, 3.8) is 0 Å². The van der Waals surface area contributed by atoms with Gasteiger partial charge in [0.05, 0.1) is 19.3 Å². The summed E-state index contributed by atoms with van der Waals surface area (Å²) in [5.41, 5.74) is 6.28. The quantitative estimate of drug-likeness (QED) is 0.755. The van der Waals surface area contributed by atoms with E-state index in [1.54, 1.807) is 6.92 Å². The molecule has 1 rings (SSSR count). The van der Waals surface area contributed by atoms with E-state index >= 15 is 0 Å². The van der Waals surface area contributed by atoms with Gasteiger partial charge in [0.2, 0.25) is 0 Å². The molecule has 0 atom stereocenters. The third kappa shape index (κ3) is 1.93. The van der Waals surface area contributed by atoms with Gasteiger partial charge in [-0.15, -0.1) is 0 Å². The number of aromatic nitrogens is 1. The van der Waals surface area contributed by atoms with Crippen LogP contribution in [0.5, 0.6) is 0 Å². The number of nitrogens with zero attached hydrogens (tertiary/aromatic N) is 1. The van der Waals surface area contributed by atoms with Crippen molar-refractivity contribution in [1.82, 2.24) is 4.98 Å². The Morgan fingerprint density at radius 3 is 2.69 bits per heavy atom. The monoisotopic (exact) mass is 356 g/mol. The highest BCUT2D eigenvalue weighted by Gasteiger charge is 2.18. The van der Waals surface area contributed by atoms with Crippen LogP contribution in [0, 0.1) is 10.5 Å². The van der Waals surface area contributed by atoms with Gasteiger partial charge in [-0.25, -0.2) is 9.78 Å². The molecule has 13 heavy (non-hydrogen) atoms. The molecule has 6 heteroatoms. The summed E-state index contributed by atoms with van der Waals surface area (Å²) in [4.78, 5) is 14.8. The van der Waals surface area contributed by atoms with Crippen molar-refractivity contribution in [2.45, 2.75) is 6.92 Å². The molecule has 1 aromatic rings. The SMILES string of the molecule is Cc1nc(N)c(I)c(C(=O)O)c1Br. The Hall–Kier alpha value is -0.370. The van der Waals surface area contributed by atoms with Gasteiger partial charge in [0.1, 0.15) is 5.82 Å². The molecule has 0 aliphatic carbocycles. The second-order valence-corrected chi connectivity index (χ2v) is 4.26. The summed E-state index contributed by atoms with van der Waals surface area (Å²) >= 11 is 5.03. The van der Waals surface area contributed by atoms with Gasteiger partial charge >= 0.3 is 5.97 Å². The van der Waals surface area contributed by atoms with Crippen LogP contribution >= 0.6 is 38.5 Å². The minimum Gasteiger partial charge on any atom is -0.478 e. The maximum Gasteiger partial charge on any atom is 0.338 e. The second-order valence-electron chi connectivity index (χ2n) is 2.39. The van der Waals surface area contributed by atoms with E-state index in [2.05, 4.69) is 20.9 Å². The molecular formula is C7H6BrIN2O2. The van der Waals surface area contributed by atoms with E-state index < -0.39 is 5.97 Å². The number of aromatic carboxylic acids is 1. The van der Waals surface area contributed by atoms with Crippen LogP contribution in [0.3, 0.4) is 0 Å². The molecule has 0 saturated heterocycles. The fourth-order valence-corrected chi connectivity index (χ4v) is 2.32. The number of hydrogen-bond donors (Lipinski definition) is 2. The summed E-state index contributed by atoms with van der Waals surface area (Å²) in [7, 11) is 0. The van der Waals surface area contributed by atoms with Gasteiger partial charge < -0.3 is 10.8 Å². The van der Waals surface area contributed by atoms with Gasteiger partial charge in [0.25, 0.3) is 0 Å². The minimum atomic E-state index is -1.01. The zero-order valence-corrected chi connectivity index (χ0v) is 10.4. The Balaban J connectivity index is 3.56. The molecule has 0 bridgehead atoms. The first-order chi connectivity index (χ1) is 5.95. The van der Waals surface area contributed by atoms with E-state index in [4.69, 9.17) is 10.8 Å². The van der Waals surface area contributed by atoms with Crippen LogP contribution in [0.1, 0.15) is 16.1 Å². The molecule has 1 heterocycles. The topological polar surface area (TPSA) is 76.2 Å². The number of aryl methyl sites for hydroxylation is 1. The number of nitrogens with two attached hydrogens (primary N) is 1. The van der Waals surface area contributed by atoms with Crippen LogP contribution in [0.25, 0.3) is 0 Å². The number of hydrogen-bond acceptors (Lipinski definition) is 3. The number of pyridine rings is 1. The van der Waals surface area contributed by atoms with Crippen LogP contribution in [0.2, 0.25) is 0 Å². The fraction of sp³-hybridized carbons (Fsp3) is 0.143. The molecule has 0 saturated carbocycles. The zero-order valence-electron chi connectivity index (χ0n) is 6.64. The Morgan fingerprint density at radius 2 is 2.23 bits per heavy atom. The number of nitrogen functional groups attached to an aromatic ring is 1. The maximum absolute atomic E-state index is 10.8. The Kier molecular flexibility index (Phi) is 3.12. The van der Waals surface area contributed by atoms with Gasteiger partial charge in [-0.3, -0.25) is 0 Å². The van der Waals surface area contributed by atoms with Crippen LogP contribution < -0.4 is 5.73 Å². The summed E-state index contributed by atoms with van der Waals surface area (Å²) in [5.74, 6) is -0.757. The lowest BCUT2D eigenvalue weighted by Crippen LogP contribution is -2.08. The van der Waals surface area contributed by atoms with Crippen LogP contribution in [-0.4, -0.2) is 16.1 Å². The third-order valence-electron chi connectivity index (χ3n) is 1.48. The van der Waals surface area contributed by atoms with E-state index in [0.29, 0.717) is 13.7 Å². The minimum absolute atomic E-state index is 0.172. The first kappa shape index (κ1) is 10.7. The Bertz CT molecular complexity index is 355. The maximum atomic E-state index is 10.8. The van der Waals surface area contributed by atoms with Gasteiger partial charge in [-0.1, -0.05) is 0 Å². The molecule has 0 spiro atoms. The lowest BCUT2D eigenvalue weighted by molar-refractivity contribution is 0.0694. The van der Waals surface area contributed by atoms with Crippen LogP contribution in [-0.2, 0) is 0 Å². The van der Waals surface area contributed by atoms with Gasteiger partial charge in [-0.05, 0) is 45.4 Å². The molecule has 1 aromatic heterocycles. The van der Waals surface area contributed by atoms with Gasteiger partial charge in [-0.2, -0.15) is 0 Å². The van der Waals surface area contributed by atoms with E-state index in [9.17, 15) is 4.79 Å². The number of carboxylic acid groups (broad SMARTS) is 1. The van der Waals surface area contributed by atoms with E-state index in [1.165, 1.54) is 0 Å². The number of carbonyl (C=O) groups is 1. The lowest BCUT2D eigenvalue weighted by atomic mass is 10.2. The fourth-order valence-electron chi connectivity index (χ4n) is 0.872. The zero-order chi connectivity index (χ0) is 10.2. The van der Waals surface area contributed by atoms with Crippen molar-refractivity contribution < 1.29 is 9.90 Å². The highest BCUT2D eigenvalue weighted by atomic mass is 127. The van der Waals surface area contributed by atoms with Gasteiger partial charge in [0, 0.05) is 0 Å². The van der Waals surface area contributed by atoms with E-state index in [-0.39, 0.29) is 11.4 Å². The van der Waals surface area contributed by atoms with Gasteiger partial charge in [0.15, 0.2) is 0 Å². The predicted molar refractivity (Wildman–Crippen MR) is 60.8 cm³/mol.